The minimum Gasteiger partial charge on any atom is -0.489 e. The van der Waals surface area contributed by atoms with Crippen LogP contribution in [0.25, 0.3) is 0 Å². The summed E-state index contributed by atoms with van der Waals surface area (Å²) in [5.41, 5.74) is 0. The van der Waals surface area contributed by atoms with E-state index in [2.05, 4.69) is 5.32 Å². The smallest absolute Gasteiger partial charge is 0.238 e. The fourth-order valence-electron chi connectivity index (χ4n) is 2.62. The number of carbonyl (C=O) groups is 2. The standard InChI is InChI=1S/C16H22FN3O3/c1-12(21)20-8-7-19(14(11-20)16(22)18-2)9-10-23-15-6-4-3-5-13(15)17/h3-6,14H,7-11H2,1-2H3,(H,18,22). The van der Waals surface area contributed by atoms with Crippen LogP contribution in [0.15, 0.2) is 24.3 Å². The Balaban J connectivity index is 1.93. The Labute approximate surface area is 135 Å². The molecule has 23 heavy (non-hydrogen) atoms. The molecular formula is C16H22FN3O3. The number of rotatable bonds is 5. The van der Waals surface area contributed by atoms with Gasteiger partial charge in [-0.05, 0) is 12.1 Å². The van der Waals surface area contributed by atoms with E-state index >= 15 is 0 Å². The molecule has 0 spiro atoms. The number of halogens is 1. The van der Waals surface area contributed by atoms with E-state index in [0.29, 0.717) is 26.2 Å². The third-order valence-corrected chi connectivity index (χ3v) is 3.96. The zero-order valence-corrected chi connectivity index (χ0v) is 13.4. The number of para-hydroxylation sites is 1. The zero-order valence-electron chi connectivity index (χ0n) is 13.4. The van der Waals surface area contributed by atoms with Crippen molar-refractivity contribution >= 4 is 11.8 Å². The predicted molar refractivity (Wildman–Crippen MR) is 83.6 cm³/mol. The summed E-state index contributed by atoms with van der Waals surface area (Å²) in [6.45, 7) is 3.76. The number of hydrogen-bond acceptors (Lipinski definition) is 4. The van der Waals surface area contributed by atoms with Gasteiger partial charge in [0.25, 0.3) is 0 Å². The number of piperazine rings is 1. The molecule has 6 nitrogen and oxygen atoms in total. The van der Waals surface area contributed by atoms with Crippen molar-refractivity contribution in [3.63, 3.8) is 0 Å². The van der Waals surface area contributed by atoms with E-state index in [-0.39, 0.29) is 24.2 Å². The van der Waals surface area contributed by atoms with E-state index in [1.165, 1.54) is 13.0 Å². The molecular weight excluding hydrogens is 301 g/mol. The lowest BCUT2D eigenvalue weighted by atomic mass is 10.1. The van der Waals surface area contributed by atoms with Crippen LogP contribution in [-0.2, 0) is 9.59 Å². The highest BCUT2D eigenvalue weighted by atomic mass is 19.1. The molecule has 0 aromatic heterocycles. The second-order valence-corrected chi connectivity index (χ2v) is 5.41. The molecule has 0 saturated carbocycles. The second kappa shape index (κ2) is 7.92. The first-order chi connectivity index (χ1) is 11.0. The highest BCUT2D eigenvalue weighted by Gasteiger charge is 2.32. The highest BCUT2D eigenvalue weighted by molar-refractivity contribution is 5.83. The topological polar surface area (TPSA) is 61.9 Å². The Morgan fingerprint density at radius 1 is 1.35 bits per heavy atom. The summed E-state index contributed by atoms with van der Waals surface area (Å²) in [5.74, 6) is -0.383. The van der Waals surface area contributed by atoms with Gasteiger partial charge in [0.2, 0.25) is 11.8 Å². The van der Waals surface area contributed by atoms with Crippen molar-refractivity contribution in [2.75, 3.05) is 39.8 Å². The molecule has 0 bridgehead atoms. The first-order valence-electron chi connectivity index (χ1n) is 7.61. The molecule has 1 unspecified atom stereocenters. The second-order valence-electron chi connectivity index (χ2n) is 5.41. The van der Waals surface area contributed by atoms with Crippen molar-refractivity contribution in [2.24, 2.45) is 0 Å². The molecule has 0 aliphatic carbocycles. The van der Waals surface area contributed by atoms with Crippen LogP contribution < -0.4 is 10.1 Å². The normalized spacial score (nSPS) is 18.6. The predicted octanol–water partition coefficient (Wildman–Crippen LogP) is 0.483. The lowest BCUT2D eigenvalue weighted by Gasteiger charge is -2.39. The van der Waals surface area contributed by atoms with Gasteiger partial charge in [-0.1, -0.05) is 12.1 Å². The molecule has 1 aliphatic rings. The monoisotopic (exact) mass is 323 g/mol. The largest absolute Gasteiger partial charge is 0.489 e. The van der Waals surface area contributed by atoms with E-state index in [4.69, 9.17) is 4.74 Å². The molecule has 1 aromatic rings. The molecule has 126 valence electrons. The SMILES string of the molecule is CNC(=O)C1CN(C(C)=O)CCN1CCOc1ccccc1F. The van der Waals surface area contributed by atoms with Gasteiger partial charge in [-0.3, -0.25) is 14.5 Å². The van der Waals surface area contributed by atoms with Crippen molar-refractivity contribution in [1.82, 2.24) is 15.1 Å². The Morgan fingerprint density at radius 3 is 2.74 bits per heavy atom. The number of carbonyl (C=O) groups excluding carboxylic acids is 2. The van der Waals surface area contributed by atoms with E-state index in [9.17, 15) is 14.0 Å². The summed E-state index contributed by atoms with van der Waals surface area (Å²) in [7, 11) is 1.57. The molecule has 1 fully saturated rings. The van der Waals surface area contributed by atoms with Crippen LogP contribution in [0.3, 0.4) is 0 Å². The molecule has 1 aliphatic heterocycles. The fourth-order valence-corrected chi connectivity index (χ4v) is 2.62. The van der Waals surface area contributed by atoms with Gasteiger partial charge in [0.05, 0.1) is 0 Å². The number of benzene rings is 1. The molecule has 1 aromatic carbocycles. The number of nitrogens with one attached hydrogen (secondary N) is 1. The van der Waals surface area contributed by atoms with Crippen LogP contribution in [0.2, 0.25) is 0 Å². The van der Waals surface area contributed by atoms with Gasteiger partial charge in [0.1, 0.15) is 12.6 Å². The first kappa shape index (κ1) is 17.2. The fraction of sp³-hybridized carbons (Fsp3) is 0.500. The van der Waals surface area contributed by atoms with Gasteiger partial charge in [0.15, 0.2) is 11.6 Å². The number of ether oxygens (including phenoxy) is 1. The summed E-state index contributed by atoms with van der Waals surface area (Å²) in [4.78, 5) is 27.2. The molecule has 7 heteroatoms. The Morgan fingerprint density at radius 2 is 2.09 bits per heavy atom. The summed E-state index contributed by atoms with van der Waals surface area (Å²) in [6, 6.07) is 5.80. The highest BCUT2D eigenvalue weighted by Crippen LogP contribution is 2.16. The molecule has 0 radical (unpaired) electrons. The van der Waals surface area contributed by atoms with E-state index < -0.39 is 11.9 Å². The minimum absolute atomic E-state index is 0.0406. The summed E-state index contributed by atoms with van der Waals surface area (Å²) in [5, 5.41) is 2.62. The number of amides is 2. The van der Waals surface area contributed by atoms with Crippen LogP contribution in [0.5, 0.6) is 5.75 Å². The lowest BCUT2D eigenvalue weighted by Crippen LogP contribution is -2.60. The van der Waals surface area contributed by atoms with E-state index in [1.54, 1.807) is 30.1 Å². The van der Waals surface area contributed by atoms with Crippen molar-refractivity contribution in [3.05, 3.63) is 30.1 Å². The van der Waals surface area contributed by atoms with Crippen LogP contribution in [0, 0.1) is 5.82 Å². The van der Waals surface area contributed by atoms with Crippen LogP contribution in [0.4, 0.5) is 4.39 Å². The molecule has 1 N–H and O–H groups in total. The number of likely N-dealkylation sites (N-methyl/N-ethyl adjacent to an activating group) is 1. The Bertz CT molecular complexity index is 567. The zero-order chi connectivity index (χ0) is 16.8. The Hall–Kier alpha value is -2.15. The average Bonchev–Trinajstić information content (AvgIpc) is 2.56. The van der Waals surface area contributed by atoms with Crippen LogP contribution >= 0.6 is 0 Å². The molecule has 1 atom stereocenters. The Kier molecular flexibility index (Phi) is 5.92. The van der Waals surface area contributed by atoms with Gasteiger partial charge in [0, 0.05) is 40.2 Å². The maximum absolute atomic E-state index is 13.5. The average molecular weight is 323 g/mol. The van der Waals surface area contributed by atoms with Crippen molar-refractivity contribution in [2.45, 2.75) is 13.0 Å². The van der Waals surface area contributed by atoms with E-state index in [0.717, 1.165) is 0 Å². The van der Waals surface area contributed by atoms with Gasteiger partial charge in [-0.15, -0.1) is 0 Å². The summed E-state index contributed by atoms with van der Waals surface area (Å²) < 4.78 is 19.0. The summed E-state index contributed by atoms with van der Waals surface area (Å²) >= 11 is 0. The van der Waals surface area contributed by atoms with Gasteiger partial charge in [-0.25, -0.2) is 4.39 Å². The van der Waals surface area contributed by atoms with Crippen LogP contribution in [0.1, 0.15) is 6.92 Å². The quantitative estimate of drug-likeness (QED) is 0.856. The minimum atomic E-state index is -0.415. The van der Waals surface area contributed by atoms with Crippen molar-refractivity contribution < 1.29 is 18.7 Å². The maximum atomic E-state index is 13.5. The molecule has 1 saturated heterocycles. The third-order valence-electron chi connectivity index (χ3n) is 3.96. The molecule has 2 rings (SSSR count). The maximum Gasteiger partial charge on any atom is 0.238 e. The van der Waals surface area contributed by atoms with Crippen LogP contribution in [-0.4, -0.2) is 67.5 Å². The molecule has 1 heterocycles. The van der Waals surface area contributed by atoms with Gasteiger partial charge in [-0.2, -0.15) is 0 Å². The van der Waals surface area contributed by atoms with E-state index in [1.807, 2.05) is 4.90 Å². The number of hydrogen-bond donors (Lipinski definition) is 1. The number of nitrogens with zero attached hydrogens (tertiary/aromatic N) is 2. The van der Waals surface area contributed by atoms with Gasteiger partial charge >= 0.3 is 0 Å². The lowest BCUT2D eigenvalue weighted by molar-refractivity contribution is -0.136. The first-order valence-corrected chi connectivity index (χ1v) is 7.61. The van der Waals surface area contributed by atoms with Gasteiger partial charge < -0.3 is 15.0 Å². The van der Waals surface area contributed by atoms with Crippen molar-refractivity contribution in [3.8, 4) is 5.75 Å². The third kappa shape index (κ3) is 4.41. The summed E-state index contributed by atoms with van der Waals surface area (Å²) in [6.07, 6.45) is 0. The van der Waals surface area contributed by atoms with Crippen molar-refractivity contribution in [1.29, 1.82) is 0 Å². The molecule has 2 amide bonds.